The molecule has 0 heterocycles. The van der Waals surface area contributed by atoms with E-state index in [1.165, 1.54) is 17.8 Å². The van der Waals surface area contributed by atoms with E-state index in [9.17, 15) is 14.4 Å². The van der Waals surface area contributed by atoms with Gasteiger partial charge in [-0.25, -0.2) is 0 Å². The SMILES string of the molecule is CCOc1ccccc1NC(=O)C(CC)Sc1cccc(NC(=O)/C(=C\c2cccc(Cl)c2Cl)NC(=O)c2ccccc2)c1. The summed E-state index contributed by atoms with van der Waals surface area (Å²) in [6.45, 7) is 4.30. The molecule has 3 amide bonds. The lowest BCUT2D eigenvalue weighted by Gasteiger charge is -2.17. The highest BCUT2D eigenvalue weighted by Crippen LogP contribution is 2.31. The van der Waals surface area contributed by atoms with Crippen molar-refractivity contribution in [2.75, 3.05) is 17.2 Å². The fourth-order valence-electron chi connectivity index (χ4n) is 4.13. The summed E-state index contributed by atoms with van der Waals surface area (Å²) < 4.78 is 5.63. The van der Waals surface area contributed by atoms with Crippen molar-refractivity contribution in [2.45, 2.75) is 30.4 Å². The molecule has 0 aromatic heterocycles. The third-order valence-electron chi connectivity index (χ3n) is 6.29. The molecule has 4 aromatic carbocycles. The van der Waals surface area contributed by atoms with Gasteiger partial charge >= 0.3 is 0 Å². The summed E-state index contributed by atoms with van der Waals surface area (Å²) in [5.41, 5.74) is 1.91. The maximum absolute atomic E-state index is 13.5. The number of hydrogen-bond acceptors (Lipinski definition) is 5. The Bertz CT molecular complexity index is 1660. The van der Waals surface area contributed by atoms with E-state index in [4.69, 9.17) is 27.9 Å². The summed E-state index contributed by atoms with van der Waals surface area (Å²) >= 11 is 13.9. The summed E-state index contributed by atoms with van der Waals surface area (Å²) in [4.78, 5) is 40.4. The molecule has 0 saturated carbocycles. The number of thioether (sulfide) groups is 1. The second kappa shape index (κ2) is 16.0. The van der Waals surface area contributed by atoms with Crippen LogP contribution < -0.4 is 20.7 Å². The average molecular weight is 649 g/mol. The van der Waals surface area contributed by atoms with E-state index < -0.39 is 17.1 Å². The highest BCUT2D eigenvalue weighted by Gasteiger charge is 2.21. The maximum Gasteiger partial charge on any atom is 0.272 e. The van der Waals surface area contributed by atoms with E-state index in [0.717, 1.165) is 4.90 Å². The number of nitrogens with one attached hydrogen (secondary N) is 3. The van der Waals surface area contributed by atoms with Crippen LogP contribution in [-0.4, -0.2) is 29.6 Å². The predicted octanol–water partition coefficient (Wildman–Crippen LogP) is 8.31. The molecule has 0 aliphatic rings. The minimum atomic E-state index is -0.565. The van der Waals surface area contributed by atoms with Gasteiger partial charge in [0.1, 0.15) is 11.4 Å². The van der Waals surface area contributed by atoms with Gasteiger partial charge in [-0.15, -0.1) is 11.8 Å². The molecule has 7 nitrogen and oxygen atoms in total. The largest absolute Gasteiger partial charge is 0.492 e. The lowest BCUT2D eigenvalue weighted by molar-refractivity contribution is -0.116. The van der Waals surface area contributed by atoms with Crippen LogP contribution in [0, 0.1) is 0 Å². The van der Waals surface area contributed by atoms with Gasteiger partial charge in [-0.05, 0) is 73.5 Å². The van der Waals surface area contributed by atoms with Crippen molar-refractivity contribution in [3.8, 4) is 5.75 Å². The molecular formula is C34H31Cl2N3O4S. The Balaban J connectivity index is 1.52. The van der Waals surface area contributed by atoms with Crippen molar-refractivity contribution in [3.63, 3.8) is 0 Å². The Labute approximate surface area is 271 Å². The molecule has 0 saturated heterocycles. The van der Waals surface area contributed by atoms with Gasteiger partial charge in [0.05, 0.1) is 27.6 Å². The van der Waals surface area contributed by atoms with Crippen molar-refractivity contribution in [1.29, 1.82) is 0 Å². The molecule has 0 fully saturated rings. The number of rotatable bonds is 12. The zero-order valence-electron chi connectivity index (χ0n) is 24.1. The lowest BCUT2D eigenvalue weighted by Crippen LogP contribution is -2.30. The highest BCUT2D eigenvalue weighted by atomic mass is 35.5. The Morgan fingerprint density at radius 2 is 1.59 bits per heavy atom. The summed E-state index contributed by atoms with van der Waals surface area (Å²) in [6, 6.07) is 28.0. The van der Waals surface area contributed by atoms with Crippen LogP contribution in [0.1, 0.15) is 36.2 Å². The number of anilines is 2. The van der Waals surface area contributed by atoms with Gasteiger partial charge in [0, 0.05) is 16.1 Å². The van der Waals surface area contributed by atoms with Gasteiger partial charge in [0.25, 0.3) is 11.8 Å². The molecule has 0 radical (unpaired) electrons. The summed E-state index contributed by atoms with van der Waals surface area (Å²) in [5.74, 6) is -0.580. The van der Waals surface area contributed by atoms with E-state index in [1.807, 2.05) is 38.1 Å². The van der Waals surface area contributed by atoms with Crippen LogP contribution in [-0.2, 0) is 9.59 Å². The van der Waals surface area contributed by atoms with Crippen LogP contribution in [0.2, 0.25) is 10.0 Å². The Kier molecular flexibility index (Phi) is 11.9. The molecule has 1 atom stereocenters. The lowest BCUT2D eigenvalue weighted by atomic mass is 10.1. The number of benzene rings is 4. The van der Waals surface area contributed by atoms with E-state index >= 15 is 0 Å². The quantitative estimate of drug-likeness (QED) is 0.106. The van der Waals surface area contributed by atoms with Crippen LogP contribution in [0.25, 0.3) is 6.08 Å². The van der Waals surface area contributed by atoms with Crippen LogP contribution >= 0.6 is 35.0 Å². The van der Waals surface area contributed by atoms with E-state index in [0.29, 0.717) is 46.3 Å². The molecule has 4 rings (SSSR count). The third-order valence-corrected chi connectivity index (χ3v) is 8.48. The predicted molar refractivity (Wildman–Crippen MR) is 180 cm³/mol. The van der Waals surface area contributed by atoms with Gasteiger partial charge in [0.2, 0.25) is 5.91 Å². The highest BCUT2D eigenvalue weighted by molar-refractivity contribution is 8.00. The molecule has 0 spiro atoms. The number of para-hydroxylation sites is 2. The first-order chi connectivity index (χ1) is 21.3. The van der Waals surface area contributed by atoms with Crippen molar-refractivity contribution >= 4 is 70.1 Å². The van der Waals surface area contributed by atoms with Crippen molar-refractivity contribution in [3.05, 3.63) is 124 Å². The smallest absolute Gasteiger partial charge is 0.272 e. The molecule has 10 heteroatoms. The Morgan fingerprint density at radius 1 is 0.864 bits per heavy atom. The Morgan fingerprint density at radius 3 is 2.34 bits per heavy atom. The van der Waals surface area contributed by atoms with E-state index in [1.54, 1.807) is 72.8 Å². The monoisotopic (exact) mass is 647 g/mol. The zero-order chi connectivity index (χ0) is 31.5. The first-order valence-electron chi connectivity index (χ1n) is 13.9. The fraction of sp³-hybridized carbons (Fsp3) is 0.147. The number of halogens is 2. The third kappa shape index (κ3) is 8.89. The van der Waals surface area contributed by atoms with Crippen LogP contribution in [0.3, 0.4) is 0 Å². The molecule has 3 N–H and O–H groups in total. The van der Waals surface area contributed by atoms with E-state index in [-0.39, 0.29) is 16.6 Å². The maximum atomic E-state index is 13.5. The number of amides is 3. The number of carbonyl (C=O) groups excluding carboxylic acids is 3. The summed E-state index contributed by atoms with van der Waals surface area (Å²) in [6.07, 6.45) is 2.04. The van der Waals surface area contributed by atoms with Gasteiger partial charge in [0.15, 0.2) is 0 Å². The van der Waals surface area contributed by atoms with Crippen molar-refractivity contribution < 1.29 is 19.1 Å². The fourth-order valence-corrected chi connectivity index (χ4v) is 5.50. The molecule has 226 valence electrons. The second-order valence-electron chi connectivity index (χ2n) is 9.44. The van der Waals surface area contributed by atoms with Gasteiger partial charge in [-0.1, -0.05) is 78.7 Å². The van der Waals surface area contributed by atoms with Crippen LogP contribution in [0.15, 0.2) is 108 Å². The average Bonchev–Trinajstić information content (AvgIpc) is 3.03. The van der Waals surface area contributed by atoms with Gasteiger partial charge in [-0.3, -0.25) is 14.4 Å². The minimum absolute atomic E-state index is 0.0279. The topological polar surface area (TPSA) is 96.5 Å². The molecular weight excluding hydrogens is 617 g/mol. The van der Waals surface area contributed by atoms with Crippen LogP contribution in [0.4, 0.5) is 11.4 Å². The molecule has 44 heavy (non-hydrogen) atoms. The number of hydrogen-bond donors (Lipinski definition) is 3. The summed E-state index contributed by atoms with van der Waals surface area (Å²) in [7, 11) is 0. The number of ether oxygens (including phenoxy) is 1. The molecule has 0 aliphatic heterocycles. The van der Waals surface area contributed by atoms with E-state index in [2.05, 4.69) is 16.0 Å². The first kappa shape index (κ1) is 32.7. The van der Waals surface area contributed by atoms with Gasteiger partial charge < -0.3 is 20.7 Å². The van der Waals surface area contributed by atoms with Crippen LogP contribution in [0.5, 0.6) is 5.75 Å². The standard InChI is InChI=1S/C34H31Cl2N3O4S/c1-3-30(34(42)38-27-18-8-9-19-29(27)43-4-2)44-25-16-11-15-24(21-25)37-33(41)28(20-23-14-10-17-26(35)31(23)36)39-32(40)22-12-6-5-7-13-22/h5-21,30H,3-4H2,1-2H3,(H,37,41)(H,38,42)(H,39,40)/b28-20+. The summed E-state index contributed by atoms with van der Waals surface area (Å²) in [5, 5.41) is 8.68. The first-order valence-corrected chi connectivity index (χ1v) is 15.6. The molecule has 0 bridgehead atoms. The Hall–Kier alpha value is -4.24. The number of carbonyl (C=O) groups is 3. The van der Waals surface area contributed by atoms with Crippen molar-refractivity contribution in [2.24, 2.45) is 0 Å². The van der Waals surface area contributed by atoms with Gasteiger partial charge in [-0.2, -0.15) is 0 Å². The molecule has 0 aliphatic carbocycles. The molecule has 1 unspecified atom stereocenters. The molecule has 4 aromatic rings. The minimum Gasteiger partial charge on any atom is -0.492 e. The normalized spacial score (nSPS) is 11.8. The second-order valence-corrected chi connectivity index (χ2v) is 11.5. The van der Waals surface area contributed by atoms with Crippen molar-refractivity contribution in [1.82, 2.24) is 5.32 Å². The zero-order valence-corrected chi connectivity index (χ0v) is 26.4.